The van der Waals surface area contributed by atoms with E-state index < -0.39 is 36.1 Å². The summed E-state index contributed by atoms with van der Waals surface area (Å²) in [4.78, 5) is 25.9. The summed E-state index contributed by atoms with van der Waals surface area (Å²) in [5.41, 5.74) is 1.69. The van der Waals surface area contributed by atoms with E-state index in [1.165, 1.54) is 0 Å². The summed E-state index contributed by atoms with van der Waals surface area (Å²) in [7, 11) is 0. The second-order valence-corrected chi connectivity index (χ2v) is 9.96. The van der Waals surface area contributed by atoms with Gasteiger partial charge < -0.3 is 14.8 Å². The van der Waals surface area contributed by atoms with Crippen molar-refractivity contribution >= 4 is 23.5 Å². The molecular weight excluding hydrogens is 459 g/mol. The van der Waals surface area contributed by atoms with Gasteiger partial charge in [-0.2, -0.15) is 13.2 Å². The molecule has 2 aliphatic rings. The molecule has 0 aromatic heterocycles. The maximum atomic E-state index is 13.3. The van der Waals surface area contributed by atoms with Gasteiger partial charge in [0.05, 0.1) is 30.6 Å². The molecule has 2 atom stereocenters. The van der Waals surface area contributed by atoms with Gasteiger partial charge in [0.1, 0.15) is 12.0 Å². The lowest BCUT2D eigenvalue weighted by molar-refractivity contribution is -0.159. The van der Waals surface area contributed by atoms with Gasteiger partial charge in [-0.15, -0.1) is 0 Å². The van der Waals surface area contributed by atoms with E-state index in [0.29, 0.717) is 30.7 Å². The Kier molecular flexibility index (Phi) is 7.68. The van der Waals surface area contributed by atoms with E-state index in [0.717, 1.165) is 16.7 Å². The molecule has 5 nitrogen and oxygen atoms in total. The highest BCUT2D eigenvalue weighted by Gasteiger charge is 2.57. The molecule has 1 aliphatic heterocycles. The number of hydrogen-bond donors (Lipinski definition) is 1. The molecule has 33 heavy (non-hydrogen) atoms. The first-order chi connectivity index (χ1) is 15.3. The minimum Gasteiger partial charge on any atom is -0.458 e. The summed E-state index contributed by atoms with van der Waals surface area (Å²) in [6.07, 6.45) is -4.45. The number of carbonyl (C=O) groups is 2. The lowest BCUT2D eigenvalue weighted by Gasteiger charge is -2.41. The molecule has 2 unspecified atom stereocenters. The van der Waals surface area contributed by atoms with E-state index in [2.05, 4.69) is 5.32 Å². The van der Waals surface area contributed by atoms with Gasteiger partial charge in [-0.05, 0) is 68.4 Å². The zero-order valence-electron chi connectivity index (χ0n) is 19.4. The molecule has 1 N–H and O–H groups in total. The van der Waals surface area contributed by atoms with Gasteiger partial charge in [0.25, 0.3) is 0 Å². The van der Waals surface area contributed by atoms with Gasteiger partial charge in [-0.1, -0.05) is 25.4 Å². The molecule has 0 radical (unpaired) electrons. The Morgan fingerprint density at radius 1 is 1.21 bits per heavy atom. The maximum Gasteiger partial charge on any atom is 0.391 e. The molecule has 1 amide bonds. The molecule has 3 rings (SSSR count). The predicted octanol–water partition coefficient (Wildman–Crippen LogP) is 5.39. The van der Waals surface area contributed by atoms with Crippen LogP contribution in [0.3, 0.4) is 0 Å². The van der Waals surface area contributed by atoms with Crippen molar-refractivity contribution in [2.24, 2.45) is 5.92 Å². The number of ether oxygens (including phenoxy) is 2. The van der Waals surface area contributed by atoms with Crippen LogP contribution >= 0.6 is 11.6 Å². The van der Waals surface area contributed by atoms with Crippen LogP contribution in [0.1, 0.15) is 68.6 Å². The number of hydrogen-bond acceptors (Lipinski definition) is 4. The highest BCUT2D eigenvalue weighted by atomic mass is 35.5. The third kappa shape index (κ3) is 5.83. The number of halogens is 4. The fourth-order valence-corrected chi connectivity index (χ4v) is 5.34. The van der Waals surface area contributed by atoms with E-state index in [9.17, 15) is 22.8 Å². The first-order valence-electron chi connectivity index (χ1n) is 11.3. The van der Waals surface area contributed by atoms with Gasteiger partial charge in [-0.3, -0.25) is 9.59 Å². The Morgan fingerprint density at radius 3 is 2.30 bits per heavy atom. The fraction of sp³-hybridized carbons (Fsp3) is 0.667. The van der Waals surface area contributed by atoms with E-state index in [4.69, 9.17) is 21.1 Å². The first-order valence-corrected chi connectivity index (χ1v) is 11.7. The lowest BCUT2D eigenvalue weighted by atomic mass is 9.73. The number of benzene rings is 1. The number of nitrogens with one attached hydrogen (secondary N) is 1. The standard InChI is InChI=1S/C24H31ClF3NO4/c1-13(2)22(31)33-20-19(18-14(3)11-16(25)12-15(18)4)21(30)29-23(20)7-5-17(6-8-23)32-10-9-24(26,27)28/h11-13,17,19-20H,5-10H2,1-4H3,(H,29,30). The number of alkyl halides is 3. The molecule has 1 heterocycles. The van der Waals surface area contributed by atoms with Crippen LogP contribution < -0.4 is 5.32 Å². The summed E-state index contributed by atoms with van der Waals surface area (Å²) in [6, 6.07) is 3.57. The third-order valence-electron chi connectivity index (χ3n) is 6.65. The smallest absolute Gasteiger partial charge is 0.391 e. The van der Waals surface area contributed by atoms with Gasteiger partial charge in [0.15, 0.2) is 0 Å². The minimum absolute atomic E-state index is 0.221. The minimum atomic E-state index is -4.26. The molecule has 2 fully saturated rings. The van der Waals surface area contributed by atoms with Crippen molar-refractivity contribution in [2.75, 3.05) is 6.61 Å². The van der Waals surface area contributed by atoms with Crippen LogP contribution in [0.2, 0.25) is 5.02 Å². The molecular formula is C24H31ClF3NO4. The SMILES string of the molecule is Cc1cc(Cl)cc(C)c1C1C(=O)NC2(CCC(OCCC(F)(F)F)CC2)C1OC(=O)C(C)C. The highest BCUT2D eigenvalue weighted by Crippen LogP contribution is 2.46. The van der Waals surface area contributed by atoms with Crippen molar-refractivity contribution in [3.05, 3.63) is 33.8 Å². The molecule has 1 aliphatic carbocycles. The van der Waals surface area contributed by atoms with Crippen LogP contribution in [0.25, 0.3) is 0 Å². The zero-order valence-corrected chi connectivity index (χ0v) is 20.1. The maximum absolute atomic E-state index is 13.3. The average molecular weight is 490 g/mol. The monoisotopic (exact) mass is 489 g/mol. The normalized spacial score (nSPS) is 27.8. The molecule has 1 aromatic rings. The van der Waals surface area contributed by atoms with Crippen molar-refractivity contribution in [1.82, 2.24) is 5.32 Å². The van der Waals surface area contributed by atoms with Crippen molar-refractivity contribution in [1.29, 1.82) is 0 Å². The lowest BCUT2D eigenvalue weighted by Crippen LogP contribution is -2.53. The average Bonchev–Trinajstić information content (AvgIpc) is 2.93. The molecule has 1 spiro atoms. The summed E-state index contributed by atoms with van der Waals surface area (Å²) >= 11 is 6.19. The van der Waals surface area contributed by atoms with Crippen molar-refractivity contribution < 1.29 is 32.2 Å². The number of esters is 1. The first kappa shape index (κ1) is 25.8. The summed E-state index contributed by atoms with van der Waals surface area (Å²) in [5, 5.41) is 3.66. The molecule has 184 valence electrons. The molecule has 1 aromatic carbocycles. The topological polar surface area (TPSA) is 64.6 Å². The van der Waals surface area contributed by atoms with Gasteiger partial charge in [0.2, 0.25) is 5.91 Å². The van der Waals surface area contributed by atoms with E-state index in [1.54, 1.807) is 26.0 Å². The Balaban J connectivity index is 1.85. The van der Waals surface area contributed by atoms with Crippen LogP contribution in [-0.2, 0) is 19.1 Å². The molecule has 1 saturated heterocycles. The molecule has 0 bridgehead atoms. The van der Waals surface area contributed by atoms with Gasteiger partial charge in [0, 0.05) is 5.02 Å². The number of amides is 1. The second kappa shape index (κ2) is 9.82. The third-order valence-corrected chi connectivity index (χ3v) is 6.87. The Hall–Kier alpha value is -1.80. The van der Waals surface area contributed by atoms with Crippen LogP contribution in [-0.4, -0.2) is 42.4 Å². The van der Waals surface area contributed by atoms with E-state index in [-0.39, 0.29) is 24.5 Å². The Morgan fingerprint density at radius 2 is 1.79 bits per heavy atom. The molecule has 1 saturated carbocycles. The van der Waals surface area contributed by atoms with Gasteiger partial charge in [-0.25, -0.2) is 0 Å². The fourth-order valence-electron chi connectivity index (χ4n) is 5.01. The Labute approximate surface area is 197 Å². The quantitative estimate of drug-likeness (QED) is 0.544. The van der Waals surface area contributed by atoms with Gasteiger partial charge >= 0.3 is 12.1 Å². The summed E-state index contributed by atoms with van der Waals surface area (Å²) < 4.78 is 48.7. The molecule has 9 heteroatoms. The Bertz CT molecular complexity index is 871. The number of rotatable bonds is 6. The van der Waals surface area contributed by atoms with Crippen molar-refractivity contribution in [2.45, 2.75) is 89.6 Å². The largest absolute Gasteiger partial charge is 0.458 e. The number of aryl methyl sites for hydroxylation is 2. The highest BCUT2D eigenvalue weighted by molar-refractivity contribution is 6.30. The van der Waals surface area contributed by atoms with E-state index in [1.807, 2.05) is 13.8 Å². The van der Waals surface area contributed by atoms with E-state index >= 15 is 0 Å². The second-order valence-electron chi connectivity index (χ2n) is 9.52. The predicted molar refractivity (Wildman–Crippen MR) is 118 cm³/mol. The summed E-state index contributed by atoms with van der Waals surface area (Å²) in [5.74, 6) is -1.67. The van der Waals surface area contributed by atoms with Crippen molar-refractivity contribution in [3.8, 4) is 0 Å². The number of carbonyl (C=O) groups excluding carboxylic acids is 2. The zero-order chi connectivity index (χ0) is 24.6. The van der Waals surface area contributed by atoms with Crippen molar-refractivity contribution in [3.63, 3.8) is 0 Å². The summed E-state index contributed by atoms with van der Waals surface area (Å²) in [6.45, 7) is 6.83. The van der Waals surface area contributed by atoms with Crippen LogP contribution in [0.4, 0.5) is 13.2 Å². The van der Waals surface area contributed by atoms with Crippen LogP contribution in [0.15, 0.2) is 12.1 Å². The van der Waals surface area contributed by atoms with Crippen LogP contribution in [0.5, 0.6) is 0 Å². The van der Waals surface area contributed by atoms with Crippen LogP contribution in [0, 0.1) is 19.8 Å².